The second-order valence-electron chi connectivity index (χ2n) is 4.35. The summed E-state index contributed by atoms with van der Waals surface area (Å²) in [5, 5.41) is 11.3. The molecule has 0 saturated carbocycles. The average Bonchev–Trinajstić information content (AvgIpc) is 2.91. The molecule has 0 saturated heterocycles. The molecule has 5 nitrogen and oxygen atoms in total. The largest absolute Gasteiger partial charge is 0.481 e. The van der Waals surface area contributed by atoms with Gasteiger partial charge in [0, 0.05) is 9.75 Å². The Kier molecular flexibility index (Phi) is 5.34. The van der Waals surface area contributed by atoms with Gasteiger partial charge in [-0.1, -0.05) is 30.3 Å². The minimum absolute atomic E-state index is 0.00310. The number of thiophene rings is 1. The quantitative estimate of drug-likeness (QED) is 0.860. The van der Waals surface area contributed by atoms with Gasteiger partial charge in [-0.2, -0.15) is 0 Å². The van der Waals surface area contributed by atoms with Crippen molar-refractivity contribution in [1.82, 2.24) is 5.32 Å². The first kappa shape index (κ1) is 15.1. The van der Waals surface area contributed by atoms with Crippen LogP contribution in [0.25, 0.3) is 0 Å². The van der Waals surface area contributed by atoms with Gasteiger partial charge in [0.25, 0.3) is 0 Å². The van der Waals surface area contributed by atoms with E-state index in [9.17, 15) is 9.59 Å². The normalized spacial score (nSPS) is 10.1. The van der Waals surface area contributed by atoms with Crippen LogP contribution in [0.5, 0.6) is 0 Å². The molecule has 110 valence electrons. The van der Waals surface area contributed by atoms with Crippen LogP contribution in [0.1, 0.15) is 15.3 Å². The van der Waals surface area contributed by atoms with E-state index in [1.807, 2.05) is 30.3 Å². The maximum Gasteiger partial charge on any atom is 0.407 e. The highest BCUT2D eigenvalue weighted by molar-refractivity contribution is 7.12. The number of carbonyl (C=O) groups is 2. The third-order valence-corrected chi connectivity index (χ3v) is 3.75. The summed E-state index contributed by atoms with van der Waals surface area (Å²) in [6.07, 6.45) is -0.490. The molecule has 0 atom stereocenters. The lowest BCUT2D eigenvalue weighted by Gasteiger charge is -2.06. The number of ether oxygens (including phenoxy) is 1. The molecule has 0 aliphatic rings. The summed E-state index contributed by atoms with van der Waals surface area (Å²) in [7, 11) is 0. The lowest BCUT2D eigenvalue weighted by molar-refractivity contribution is -0.136. The van der Waals surface area contributed by atoms with Crippen LogP contribution in [-0.2, 0) is 29.1 Å². The predicted octanol–water partition coefficient (Wildman–Crippen LogP) is 2.80. The van der Waals surface area contributed by atoms with Crippen LogP contribution in [0.15, 0.2) is 42.5 Å². The van der Waals surface area contributed by atoms with Gasteiger partial charge >= 0.3 is 12.1 Å². The molecule has 1 aromatic carbocycles. The van der Waals surface area contributed by atoms with Gasteiger partial charge in [0.1, 0.15) is 6.61 Å². The molecule has 2 rings (SSSR count). The zero-order valence-corrected chi connectivity index (χ0v) is 12.1. The topological polar surface area (TPSA) is 75.6 Å². The SMILES string of the molecule is O=C(O)Cc1ccc(CNC(=O)OCc2ccccc2)s1. The summed E-state index contributed by atoms with van der Waals surface area (Å²) < 4.78 is 5.08. The number of rotatable bonds is 6. The van der Waals surface area contributed by atoms with E-state index in [0.717, 1.165) is 15.3 Å². The highest BCUT2D eigenvalue weighted by Crippen LogP contribution is 2.16. The first-order valence-electron chi connectivity index (χ1n) is 6.37. The summed E-state index contributed by atoms with van der Waals surface area (Å²) in [6.45, 7) is 0.555. The van der Waals surface area contributed by atoms with Crippen molar-refractivity contribution >= 4 is 23.4 Å². The number of amides is 1. The molecule has 2 aromatic rings. The predicted molar refractivity (Wildman–Crippen MR) is 79.1 cm³/mol. The van der Waals surface area contributed by atoms with Crippen molar-refractivity contribution in [3.63, 3.8) is 0 Å². The Morgan fingerprint density at radius 3 is 2.52 bits per heavy atom. The Morgan fingerprint density at radius 1 is 1.10 bits per heavy atom. The van der Waals surface area contributed by atoms with Crippen LogP contribution < -0.4 is 5.32 Å². The Bertz CT molecular complexity index is 609. The summed E-state index contributed by atoms with van der Waals surface area (Å²) in [5.41, 5.74) is 0.924. The number of hydrogen-bond acceptors (Lipinski definition) is 4. The molecule has 0 aliphatic heterocycles. The van der Waals surface area contributed by atoms with Gasteiger partial charge < -0.3 is 15.2 Å². The number of carbonyl (C=O) groups excluding carboxylic acids is 1. The van der Waals surface area contributed by atoms with Gasteiger partial charge in [0.2, 0.25) is 0 Å². The van der Waals surface area contributed by atoms with Crippen LogP contribution in [0.3, 0.4) is 0 Å². The van der Waals surface area contributed by atoms with Gasteiger partial charge in [-0.05, 0) is 17.7 Å². The molecule has 0 aliphatic carbocycles. The fraction of sp³-hybridized carbons (Fsp3) is 0.200. The number of nitrogens with one attached hydrogen (secondary N) is 1. The van der Waals surface area contributed by atoms with Crippen molar-refractivity contribution in [1.29, 1.82) is 0 Å². The van der Waals surface area contributed by atoms with Crippen LogP contribution in [-0.4, -0.2) is 17.2 Å². The Labute approximate surface area is 126 Å². The monoisotopic (exact) mass is 305 g/mol. The number of benzene rings is 1. The Morgan fingerprint density at radius 2 is 1.81 bits per heavy atom. The molecule has 1 amide bonds. The molecule has 21 heavy (non-hydrogen) atoms. The van der Waals surface area contributed by atoms with Crippen molar-refractivity contribution in [3.8, 4) is 0 Å². The van der Waals surface area contributed by atoms with E-state index in [-0.39, 0.29) is 13.0 Å². The minimum atomic E-state index is -0.862. The van der Waals surface area contributed by atoms with E-state index < -0.39 is 12.1 Å². The zero-order valence-electron chi connectivity index (χ0n) is 11.2. The summed E-state index contributed by atoms with van der Waals surface area (Å²) in [5.74, 6) is -0.862. The van der Waals surface area contributed by atoms with Crippen molar-refractivity contribution in [2.75, 3.05) is 0 Å². The van der Waals surface area contributed by atoms with E-state index in [1.165, 1.54) is 11.3 Å². The van der Waals surface area contributed by atoms with Crippen molar-refractivity contribution < 1.29 is 19.4 Å². The number of hydrogen-bond donors (Lipinski definition) is 2. The summed E-state index contributed by atoms with van der Waals surface area (Å²) in [6, 6.07) is 13.0. The van der Waals surface area contributed by atoms with Gasteiger partial charge in [0.15, 0.2) is 0 Å². The van der Waals surface area contributed by atoms with Crippen LogP contribution >= 0.6 is 11.3 Å². The van der Waals surface area contributed by atoms with Crippen LogP contribution in [0, 0.1) is 0 Å². The Balaban J connectivity index is 1.73. The maximum absolute atomic E-state index is 11.6. The number of aliphatic carboxylic acids is 1. The van der Waals surface area contributed by atoms with E-state index >= 15 is 0 Å². The standard InChI is InChI=1S/C15H15NO4S/c17-14(18)8-12-6-7-13(21-12)9-16-15(19)20-10-11-4-2-1-3-5-11/h1-7H,8-10H2,(H,16,19)(H,17,18). The lowest BCUT2D eigenvalue weighted by Crippen LogP contribution is -2.23. The molecule has 0 bridgehead atoms. The highest BCUT2D eigenvalue weighted by Gasteiger charge is 2.07. The fourth-order valence-electron chi connectivity index (χ4n) is 1.69. The van der Waals surface area contributed by atoms with Crippen molar-refractivity contribution in [3.05, 3.63) is 57.8 Å². The van der Waals surface area contributed by atoms with Gasteiger partial charge in [-0.25, -0.2) is 4.79 Å². The third kappa shape index (κ3) is 5.27. The van der Waals surface area contributed by atoms with Gasteiger partial charge in [-0.3, -0.25) is 4.79 Å². The molecule has 1 heterocycles. The maximum atomic E-state index is 11.6. The molecule has 0 unspecified atom stereocenters. The molecule has 0 spiro atoms. The van der Waals surface area contributed by atoms with E-state index in [1.54, 1.807) is 12.1 Å². The average molecular weight is 305 g/mol. The van der Waals surface area contributed by atoms with Crippen molar-refractivity contribution in [2.45, 2.75) is 19.6 Å². The van der Waals surface area contributed by atoms with E-state index in [4.69, 9.17) is 9.84 Å². The van der Waals surface area contributed by atoms with Crippen molar-refractivity contribution in [2.24, 2.45) is 0 Å². The van der Waals surface area contributed by atoms with Crippen LogP contribution in [0.2, 0.25) is 0 Å². The number of alkyl carbamates (subject to hydrolysis) is 1. The second kappa shape index (κ2) is 7.44. The first-order chi connectivity index (χ1) is 10.1. The molecule has 0 radical (unpaired) electrons. The summed E-state index contributed by atoms with van der Waals surface area (Å²) >= 11 is 1.37. The Hall–Kier alpha value is -2.34. The smallest absolute Gasteiger partial charge is 0.407 e. The molecule has 2 N–H and O–H groups in total. The van der Waals surface area contributed by atoms with Crippen LogP contribution in [0.4, 0.5) is 4.79 Å². The highest BCUT2D eigenvalue weighted by atomic mass is 32.1. The molecular weight excluding hydrogens is 290 g/mol. The minimum Gasteiger partial charge on any atom is -0.481 e. The molecule has 1 aromatic heterocycles. The third-order valence-electron chi connectivity index (χ3n) is 2.66. The fourth-order valence-corrected chi connectivity index (χ4v) is 2.64. The molecule has 6 heteroatoms. The lowest BCUT2D eigenvalue weighted by atomic mass is 10.2. The van der Waals surface area contributed by atoms with Gasteiger partial charge in [0.05, 0.1) is 13.0 Å². The number of carboxylic acid groups (broad SMARTS) is 1. The van der Waals surface area contributed by atoms with Gasteiger partial charge in [-0.15, -0.1) is 11.3 Å². The summed E-state index contributed by atoms with van der Waals surface area (Å²) in [4.78, 5) is 23.8. The zero-order chi connectivity index (χ0) is 15.1. The number of carboxylic acids is 1. The first-order valence-corrected chi connectivity index (χ1v) is 7.19. The molecule has 0 fully saturated rings. The van der Waals surface area contributed by atoms with E-state index in [2.05, 4.69) is 5.32 Å². The van der Waals surface area contributed by atoms with E-state index in [0.29, 0.717) is 6.54 Å². The molecular formula is C15H15NO4S. The second-order valence-corrected chi connectivity index (χ2v) is 5.61.